The number of nitrogen functional groups attached to an aromatic ring is 1. The van der Waals surface area contributed by atoms with E-state index in [-0.39, 0.29) is 0 Å². The van der Waals surface area contributed by atoms with Gasteiger partial charge in [-0.05, 0) is 11.4 Å². The van der Waals surface area contributed by atoms with Gasteiger partial charge in [-0.15, -0.1) is 9.24 Å². The number of hydrogen-bond acceptors (Lipinski definition) is 4. The second-order valence-electron chi connectivity index (χ2n) is 3.47. The first-order valence-electron chi connectivity index (χ1n) is 4.89. The molecule has 0 aliphatic rings. The lowest BCUT2D eigenvalue weighted by Crippen LogP contribution is -2.09. The molecule has 0 saturated carbocycles. The van der Waals surface area contributed by atoms with Gasteiger partial charge in [-0.3, -0.25) is 4.68 Å². The lowest BCUT2D eigenvalue weighted by Gasteiger charge is -2.08. The molecule has 88 valence electrons. The third-order valence-electron chi connectivity index (χ3n) is 2.36. The zero-order chi connectivity index (χ0) is 12.4. The van der Waals surface area contributed by atoms with Crippen molar-refractivity contribution < 1.29 is 9.53 Å². The Labute approximate surface area is 101 Å². The Bertz CT molecular complexity index is 566. The molecule has 0 fully saturated rings. The molecule has 1 aromatic heterocycles. The first-order chi connectivity index (χ1) is 8.13. The normalized spacial score (nSPS) is 10.2. The predicted molar refractivity (Wildman–Crippen MR) is 68.5 cm³/mol. The summed E-state index contributed by atoms with van der Waals surface area (Å²) in [5.74, 6) is 5.16. The third-order valence-corrected chi connectivity index (χ3v) is 2.84. The smallest absolute Gasteiger partial charge is 0.338 e. The number of methoxy groups -OCH3 is 1. The van der Waals surface area contributed by atoms with Gasteiger partial charge >= 0.3 is 5.97 Å². The summed E-state index contributed by atoms with van der Waals surface area (Å²) < 4.78 is 6.09. The van der Waals surface area contributed by atoms with Crippen molar-refractivity contribution in [2.45, 2.75) is 0 Å². The second-order valence-corrected chi connectivity index (χ2v) is 4.09. The number of esters is 1. The Balaban J connectivity index is 2.63. The van der Waals surface area contributed by atoms with Gasteiger partial charge in [-0.2, -0.15) is 0 Å². The zero-order valence-electron chi connectivity index (χ0n) is 9.25. The molecule has 2 N–H and O–H groups in total. The highest BCUT2D eigenvalue weighted by Crippen LogP contribution is 2.22. The van der Waals surface area contributed by atoms with Crippen LogP contribution in [0.15, 0.2) is 30.7 Å². The molecule has 0 amide bonds. The number of ether oxygens (including phenoxy) is 1. The van der Waals surface area contributed by atoms with Crippen LogP contribution in [0.25, 0.3) is 11.3 Å². The van der Waals surface area contributed by atoms with Crippen LogP contribution >= 0.6 is 9.24 Å². The van der Waals surface area contributed by atoms with E-state index < -0.39 is 5.97 Å². The predicted octanol–water partition coefficient (Wildman–Crippen LogP) is 0.551. The fourth-order valence-corrected chi connectivity index (χ4v) is 2.02. The molecule has 5 nitrogen and oxygen atoms in total. The third kappa shape index (κ3) is 2.15. The second kappa shape index (κ2) is 4.55. The molecule has 2 aromatic rings. The summed E-state index contributed by atoms with van der Waals surface area (Å²) in [6.45, 7) is 0. The minimum absolute atomic E-state index is 0.393. The van der Waals surface area contributed by atoms with Crippen molar-refractivity contribution >= 4 is 20.5 Å². The highest BCUT2D eigenvalue weighted by Gasteiger charge is 2.16. The lowest BCUT2D eigenvalue weighted by molar-refractivity contribution is 0.0601. The van der Waals surface area contributed by atoms with Crippen molar-refractivity contribution in [2.24, 2.45) is 0 Å². The first-order valence-corrected chi connectivity index (χ1v) is 5.47. The molecule has 1 aromatic carbocycles. The van der Waals surface area contributed by atoms with Crippen molar-refractivity contribution in [3.63, 3.8) is 0 Å². The largest absolute Gasteiger partial charge is 0.465 e. The number of benzene rings is 1. The molecule has 1 atom stereocenters. The summed E-state index contributed by atoms with van der Waals surface area (Å²) in [4.78, 5) is 15.8. The van der Waals surface area contributed by atoms with Gasteiger partial charge in [-0.25, -0.2) is 9.78 Å². The minimum Gasteiger partial charge on any atom is -0.465 e. The summed E-state index contributed by atoms with van der Waals surface area (Å²) in [6, 6.07) is 5.36. The van der Waals surface area contributed by atoms with E-state index in [1.54, 1.807) is 18.3 Å². The van der Waals surface area contributed by atoms with Crippen molar-refractivity contribution in [1.82, 2.24) is 9.66 Å². The molecular formula is C11H12N3O2P. The van der Waals surface area contributed by atoms with Crippen LogP contribution in [-0.4, -0.2) is 22.7 Å². The fourth-order valence-electron chi connectivity index (χ4n) is 1.60. The average molecular weight is 249 g/mol. The Kier molecular flexibility index (Phi) is 3.11. The molecule has 0 bridgehead atoms. The van der Waals surface area contributed by atoms with E-state index in [1.165, 1.54) is 18.1 Å². The molecule has 0 radical (unpaired) electrons. The highest BCUT2D eigenvalue weighted by molar-refractivity contribution is 7.28. The average Bonchev–Trinajstić information content (AvgIpc) is 2.74. The maximum Gasteiger partial charge on any atom is 0.338 e. The van der Waals surface area contributed by atoms with Gasteiger partial charge in [0.1, 0.15) is 6.33 Å². The molecule has 1 heterocycles. The monoisotopic (exact) mass is 249 g/mol. The maximum atomic E-state index is 11.7. The van der Waals surface area contributed by atoms with Gasteiger partial charge in [0.2, 0.25) is 0 Å². The van der Waals surface area contributed by atoms with Crippen molar-refractivity contribution in [2.75, 3.05) is 13.0 Å². The number of carbonyl (C=O) groups is 1. The Morgan fingerprint density at radius 3 is 2.88 bits per heavy atom. The summed E-state index contributed by atoms with van der Waals surface area (Å²) in [5.41, 5.74) is 1.82. The molecule has 0 saturated heterocycles. The van der Waals surface area contributed by atoms with Crippen LogP contribution in [0.4, 0.5) is 0 Å². The van der Waals surface area contributed by atoms with Crippen molar-refractivity contribution in [1.29, 1.82) is 0 Å². The van der Waals surface area contributed by atoms with Gasteiger partial charge in [0.25, 0.3) is 0 Å². The molecular weight excluding hydrogens is 237 g/mol. The molecule has 1 unspecified atom stereocenters. The van der Waals surface area contributed by atoms with Crippen LogP contribution in [0.3, 0.4) is 0 Å². The van der Waals surface area contributed by atoms with Gasteiger partial charge in [0.15, 0.2) is 0 Å². The number of hydrogen-bond donors (Lipinski definition) is 1. The van der Waals surface area contributed by atoms with Crippen LogP contribution in [0.1, 0.15) is 10.4 Å². The molecule has 2 rings (SSSR count). The zero-order valence-corrected chi connectivity index (χ0v) is 10.4. The van der Waals surface area contributed by atoms with Crippen LogP contribution in [0.5, 0.6) is 0 Å². The summed E-state index contributed by atoms with van der Waals surface area (Å²) in [6.07, 6.45) is 3.13. The summed E-state index contributed by atoms with van der Waals surface area (Å²) in [7, 11) is 3.92. The minimum atomic E-state index is -0.393. The molecule has 0 aliphatic heterocycles. The maximum absolute atomic E-state index is 11.7. The number of nitrogens with two attached hydrogens (primary N) is 1. The standard InChI is InChI=1S/C11H12N3O2P/c1-16-11(15)7-3-2-4-9(17)10(7)8-5-14(12)6-13-8/h2-6H,12,17H2,1H3. The van der Waals surface area contributed by atoms with Gasteiger partial charge < -0.3 is 10.6 Å². The highest BCUT2D eigenvalue weighted by atomic mass is 31.0. The van der Waals surface area contributed by atoms with Gasteiger partial charge in [0.05, 0.1) is 24.6 Å². The van der Waals surface area contributed by atoms with E-state index in [2.05, 4.69) is 14.2 Å². The topological polar surface area (TPSA) is 70.1 Å². The number of nitrogens with zero attached hydrogens (tertiary/aromatic N) is 2. The molecule has 17 heavy (non-hydrogen) atoms. The van der Waals surface area contributed by atoms with E-state index in [1.807, 2.05) is 6.07 Å². The van der Waals surface area contributed by atoms with E-state index in [4.69, 9.17) is 10.6 Å². The van der Waals surface area contributed by atoms with Crippen molar-refractivity contribution in [3.8, 4) is 11.3 Å². The molecule has 6 heteroatoms. The number of carbonyl (C=O) groups excluding carboxylic acids is 1. The molecule has 0 aliphatic carbocycles. The summed E-state index contributed by atoms with van der Waals surface area (Å²) >= 11 is 0. The van der Waals surface area contributed by atoms with E-state index in [9.17, 15) is 4.79 Å². The van der Waals surface area contributed by atoms with Crippen LogP contribution in [0, 0.1) is 0 Å². The Hall–Kier alpha value is -1.87. The van der Waals surface area contributed by atoms with Crippen molar-refractivity contribution in [3.05, 3.63) is 36.3 Å². The quantitative estimate of drug-likeness (QED) is 0.479. The van der Waals surface area contributed by atoms with E-state index in [0.29, 0.717) is 16.8 Å². The lowest BCUT2D eigenvalue weighted by atomic mass is 10.1. The number of rotatable bonds is 2. The Morgan fingerprint density at radius 1 is 1.53 bits per heavy atom. The SMILES string of the molecule is COC(=O)c1cccc(P)c1-c1cn(N)cn1. The fraction of sp³-hybridized carbons (Fsp3) is 0.0909. The van der Waals surface area contributed by atoms with Crippen LogP contribution in [0.2, 0.25) is 0 Å². The summed E-state index contributed by atoms with van der Waals surface area (Å²) in [5, 5.41) is 0.867. The first kappa shape index (κ1) is 11.6. The Morgan fingerprint density at radius 2 is 2.29 bits per heavy atom. The van der Waals surface area contributed by atoms with Gasteiger partial charge in [0, 0.05) is 5.56 Å². The van der Waals surface area contributed by atoms with Crippen LogP contribution < -0.4 is 11.1 Å². The molecule has 0 spiro atoms. The number of aromatic nitrogens is 2. The van der Waals surface area contributed by atoms with E-state index in [0.717, 1.165) is 5.30 Å². The van der Waals surface area contributed by atoms with E-state index >= 15 is 0 Å². The van der Waals surface area contributed by atoms with Gasteiger partial charge in [-0.1, -0.05) is 12.1 Å². The van der Waals surface area contributed by atoms with Crippen LogP contribution in [-0.2, 0) is 4.74 Å². The number of imidazole rings is 1.